The number of likely N-dealkylation sites (N-methyl/N-ethyl adjacent to an activating group) is 1. The Morgan fingerprint density at radius 2 is 2.05 bits per heavy atom. The second-order valence-corrected chi connectivity index (χ2v) is 7.30. The van der Waals surface area contributed by atoms with Crippen LogP contribution in [0.4, 0.5) is 11.4 Å². The minimum Gasteiger partial charge on any atom is -0.396 e. The SMILES string of the molecule is CN(C)C1CCN(c2cccc(S(C)(=O)=O)c2N)C1. The highest BCUT2D eigenvalue weighted by molar-refractivity contribution is 7.90. The first-order valence-corrected chi connectivity index (χ1v) is 8.19. The topological polar surface area (TPSA) is 66.6 Å². The lowest BCUT2D eigenvalue weighted by molar-refractivity contribution is 0.315. The van der Waals surface area contributed by atoms with Crippen LogP contribution in [0.5, 0.6) is 0 Å². The molecule has 0 amide bonds. The number of nitrogens with two attached hydrogens (primary N) is 1. The molecule has 1 heterocycles. The van der Waals surface area contributed by atoms with Gasteiger partial charge in [0, 0.05) is 25.4 Å². The molecule has 0 aliphatic carbocycles. The van der Waals surface area contributed by atoms with Gasteiger partial charge in [0.05, 0.1) is 16.3 Å². The van der Waals surface area contributed by atoms with E-state index in [0.29, 0.717) is 11.7 Å². The first-order chi connectivity index (χ1) is 8.80. The molecule has 106 valence electrons. The lowest BCUT2D eigenvalue weighted by Gasteiger charge is -2.23. The van der Waals surface area contributed by atoms with E-state index in [1.807, 2.05) is 6.07 Å². The zero-order valence-corrected chi connectivity index (χ0v) is 12.4. The number of hydrogen-bond donors (Lipinski definition) is 1. The summed E-state index contributed by atoms with van der Waals surface area (Å²) in [4.78, 5) is 4.57. The summed E-state index contributed by atoms with van der Waals surface area (Å²) >= 11 is 0. The van der Waals surface area contributed by atoms with Crippen molar-refractivity contribution in [3.63, 3.8) is 0 Å². The van der Waals surface area contributed by atoms with Gasteiger partial charge >= 0.3 is 0 Å². The molecule has 1 aliphatic heterocycles. The summed E-state index contributed by atoms with van der Waals surface area (Å²) in [6, 6.07) is 5.70. The number of nitrogens with zero attached hydrogens (tertiary/aromatic N) is 2. The fourth-order valence-electron chi connectivity index (χ4n) is 2.51. The molecule has 19 heavy (non-hydrogen) atoms. The molecule has 6 heteroatoms. The molecule has 1 aromatic carbocycles. The van der Waals surface area contributed by atoms with Crippen molar-refractivity contribution in [2.75, 3.05) is 44.1 Å². The molecule has 0 aromatic heterocycles. The van der Waals surface area contributed by atoms with E-state index in [4.69, 9.17) is 5.73 Å². The Balaban J connectivity index is 2.33. The maximum atomic E-state index is 11.7. The Hall–Kier alpha value is -1.27. The lowest BCUT2D eigenvalue weighted by atomic mass is 10.2. The van der Waals surface area contributed by atoms with Gasteiger partial charge < -0.3 is 15.5 Å². The van der Waals surface area contributed by atoms with Gasteiger partial charge in [0.1, 0.15) is 0 Å². The van der Waals surface area contributed by atoms with Gasteiger partial charge in [-0.15, -0.1) is 0 Å². The fourth-order valence-corrected chi connectivity index (χ4v) is 3.34. The minimum absolute atomic E-state index is 0.221. The molecule has 1 saturated heterocycles. The maximum Gasteiger partial charge on any atom is 0.177 e. The molecule has 2 N–H and O–H groups in total. The van der Waals surface area contributed by atoms with Gasteiger partial charge in [-0.1, -0.05) is 6.07 Å². The first-order valence-electron chi connectivity index (χ1n) is 6.30. The molecule has 1 atom stereocenters. The summed E-state index contributed by atoms with van der Waals surface area (Å²) in [5.74, 6) is 0. The summed E-state index contributed by atoms with van der Waals surface area (Å²) in [5, 5.41) is 0. The maximum absolute atomic E-state index is 11.7. The number of rotatable bonds is 3. The van der Waals surface area contributed by atoms with Crippen molar-refractivity contribution >= 4 is 21.2 Å². The third kappa shape index (κ3) is 2.84. The van der Waals surface area contributed by atoms with Gasteiger partial charge in [0.2, 0.25) is 0 Å². The molecule has 0 bridgehead atoms. The molecule has 0 saturated carbocycles. The second kappa shape index (κ2) is 5.02. The van der Waals surface area contributed by atoms with Crippen LogP contribution in [0.2, 0.25) is 0 Å². The van der Waals surface area contributed by atoms with Crippen LogP contribution in [0.3, 0.4) is 0 Å². The first kappa shape index (κ1) is 14.1. The summed E-state index contributed by atoms with van der Waals surface area (Å²) in [6.45, 7) is 1.78. The van der Waals surface area contributed by atoms with Gasteiger partial charge in [-0.2, -0.15) is 0 Å². The van der Waals surface area contributed by atoms with E-state index < -0.39 is 9.84 Å². The molecule has 1 unspecified atom stereocenters. The van der Waals surface area contributed by atoms with Crippen LogP contribution in [-0.4, -0.2) is 52.8 Å². The highest BCUT2D eigenvalue weighted by Gasteiger charge is 2.26. The Labute approximate surface area is 114 Å². The van der Waals surface area contributed by atoms with E-state index >= 15 is 0 Å². The summed E-state index contributed by atoms with van der Waals surface area (Å²) in [5.41, 5.74) is 7.23. The van der Waals surface area contributed by atoms with Crippen molar-refractivity contribution in [2.45, 2.75) is 17.4 Å². The van der Waals surface area contributed by atoms with E-state index in [0.717, 1.165) is 25.2 Å². The molecular formula is C13H21N3O2S. The van der Waals surface area contributed by atoms with E-state index in [1.54, 1.807) is 12.1 Å². The van der Waals surface area contributed by atoms with Crippen LogP contribution in [0.25, 0.3) is 0 Å². The summed E-state index contributed by atoms with van der Waals surface area (Å²) in [7, 11) is 0.842. The van der Waals surface area contributed by atoms with Gasteiger partial charge in [0.15, 0.2) is 9.84 Å². The third-order valence-corrected chi connectivity index (χ3v) is 4.83. The minimum atomic E-state index is -3.28. The normalized spacial score (nSPS) is 20.2. The van der Waals surface area contributed by atoms with Gasteiger partial charge in [-0.3, -0.25) is 0 Å². The zero-order chi connectivity index (χ0) is 14.2. The number of benzene rings is 1. The number of anilines is 2. The molecule has 0 radical (unpaired) electrons. The smallest absolute Gasteiger partial charge is 0.177 e. The Morgan fingerprint density at radius 3 is 2.58 bits per heavy atom. The molecule has 1 aromatic rings. The molecule has 0 spiro atoms. The van der Waals surface area contributed by atoms with Crippen LogP contribution in [0, 0.1) is 0 Å². The van der Waals surface area contributed by atoms with Crippen molar-refractivity contribution in [1.82, 2.24) is 4.90 Å². The van der Waals surface area contributed by atoms with Crippen LogP contribution >= 0.6 is 0 Å². The molecule has 1 aliphatic rings. The largest absolute Gasteiger partial charge is 0.396 e. The van der Waals surface area contributed by atoms with Crippen molar-refractivity contribution in [3.8, 4) is 0 Å². The second-order valence-electron chi connectivity index (χ2n) is 5.31. The van der Waals surface area contributed by atoms with Crippen LogP contribution < -0.4 is 10.6 Å². The molecule has 5 nitrogen and oxygen atoms in total. The van der Waals surface area contributed by atoms with Crippen LogP contribution in [0.1, 0.15) is 6.42 Å². The van der Waals surface area contributed by atoms with Crippen LogP contribution in [-0.2, 0) is 9.84 Å². The van der Waals surface area contributed by atoms with Gasteiger partial charge in [-0.25, -0.2) is 8.42 Å². The molecule has 2 rings (SSSR count). The van der Waals surface area contributed by atoms with Crippen molar-refractivity contribution in [2.24, 2.45) is 0 Å². The molecular weight excluding hydrogens is 262 g/mol. The van der Waals surface area contributed by atoms with E-state index in [1.165, 1.54) is 6.26 Å². The average Bonchev–Trinajstić information content (AvgIpc) is 2.77. The predicted molar refractivity (Wildman–Crippen MR) is 78.3 cm³/mol. The Kier molecular flexibility index (Phi) is 3.73. The zero-order valence-electron chi connectivity index (χ0n) is 11.6. The number of hydrogen-bond acceptors (Lipinski definition) is 5. The van der Waals surface area contributed by atoms with Crippen LogP contribution in [0.15, 0.2) is 23.1 Å². The number of nitrogen functional groups attached to an aromatic ring is 1. The summed E-state index contributed by atoms with van der Waals surface area (Å²) in [6.07, 6.45) is 2.25. The predicted octanol–water partition coefficient (Wildman–Crippen LogP) is 0.813. The van der Waals surface area contributed by atoms with E-state index in [2.05, 4.69) is 23.9 Å². The quantitative estimate of drug-likeness (QED) is 0.832. The summed E-state index contributed by atoms with van der Waals surface area (Å²) < 4.78 is 23.4. The standard InChI is InChI=1S/C13H21N3O2S/c1-15(2)10-7-8-16(9-10)11-5-4-6-12(13(11)14)19(3,17)18/h4-6,10H,7-9,14H2,1-3H3. The van der Waals surface area contributed by atoms with Gasteiger partial charge in [-0.05, 0) is 32.6 Å². The molecule has 1 fully saturated rings. The fraction of sp³-hybridized carbons (Fsp3) is 0.538. The highest BCUT2D eigenvalue weighted by Crippen LogP contribution is 2.32. The van der Waals surface area contributed by atoms with Crippen molar-refractivity contribution < 1.29 is 8.42 Å². The van der Waals surface area contributed by atoms with E-state index in [9.17, 15) is 8.42 Å². The third-order valence-electron chi connectivity index (χ3n) is 3.68. The number of sulfone groups is 1. The van der Waals surface area contributed by atoms with Crippen molar-refractivity contribution in [3.05, 3.63) is 18.2 Å². The highest BCUT2D eigenvalue weighted by atomic mass is 32.2. The lowest BCUT2D eigenvalue weighted by Crippen LogP contribution is -2.31. The Morgan fingerprint density at radius 1 is 1.37 bits per heavy atom. The monoisotopic (exact) mass is 283 g/mol. The Bertz CT molecular complexity index is 569. The number of para-hydroxylation sites is 1. The van der Waals surface area contributed by atoms with Crippen molar-refractivity contribution in [1.29, 1.82) is 0 Å². The average molecular weight is 283 g/mol. The van der Waals surface area contributed by atoms with Gasteiger partial charge in [0.25, 0.3) is 0 Å². The van der Waals surface area contributed by atoms with E-state index in [-0.39, 0.29) is 4.90 Å².